The monoisotopic (exact) mass is 340 g/mol. The molecule has 0 bridgehead atoms. The molecule has 0 saturated carbocycles. The molecule has 0 aliphatic heterocycles. The zero-order chi connectivity index (χ0) is 17.4. The van der Waals surface area contributed by atoms with Crippen molar-refractivity contribution in [3.63, 3.8) is 0 Å². The number of nitrogens with zero attached hydrogens (tertiary/aromatic N) is 2. The van der Waals surface area contributed by atoms with Crippen LogP contribution in [-0.4, -0.2) is 37.1 Å². The van der Waals surface area contributed by atoms with Gasteiger partial charge in [0.05, 0.1) is 18.3 Å². The molecule has 130 valence electrons. The van der Waals surface area contributed by atoms with Crippen LogP contribution in [0, 0.1) is 12.8 Å². The van der Waals surface area contributed by atoms with Gasteiger partial charge in [-0.2, -0.15) is 0 Å². The van der Waals surface area contributed by atoms with Crippen molar-refractivity contribution in [1.29, 1.82) is 0 Å². The third-order valence-corrected chi connectivity index (χ3v) is 4.56. The summed E-state index contributed by atoms with van der Waals surface area (Å²) >= 11 is 1.37. The first kappa shape index (κ1) is 19.4. The average Bonchev–Trinajstić information content (AvgIpc) is 2.88. The fourth-order valence-electron chi connectivity index (χ4n) is 1.93. The molecule has 1 unspecified atom stereocenters. The van der Waals surface area contributed by atoms with Crippen molar-refractivity contribution >= 4 is 23.3 Å². The third kappa shape index (κ3) is 6.17. The predicted molar refractivity (Wildman–Crippen MR) is 95.2 cm³/mol. The largest absolute Gasteiger partial charge is 0.462 e. The number of aromatic nitrogens is 1. The van der Waals surface area contributed by atoms with Crippen molar-refractivity contribution in [3.05, 3.63) is 15.6 Å². The van der Waals surface area contributed by atoms with E-state index >= 15 is 0 Å². The minimum absolute atomic E-state index is 0.0351. The Morgan fingerprint density at radius 1 is 1.39 bits per heavy atom. The number of rotatable bonds is 7. The molecule has 1 heterocycles. The third-order valence-electron chi connectivity index (χ3n) is 3.24. The Morgan fingerprint density at radius 3 is 2.65 bits per heavy atom. The maximum Gasteiger partial charge on any atom is 0.350 e. The van der Waals surface area contributed by atoms with Crippen LogP contribution in [0.4, 0.5) is 0 Å². The molecule has 0 amide bonds. The number of aliphatic imine (C=N–C) groups is 1. The highest BCUT2D eigenvalue weighted by atomic mass is 32.1. The fourth-order valence-corrected chi connectivity index (χ4v) is 2.89. The first-order valence-corrected chi connectivity index (χ1v) is 8.82. The molecule has 0 aromatic carbocycles. The molecule has 0 spiro atoms. The lowest BCUT2D eigenvalue weighted by atomic mass is 10.1. The number of ether oxygens (including phenoxy) is 1. The minimum atomic E-state index is -0.305. The second kappa shape index (κ2) is 9.50. The van der Waals surface area contributed by atoms with Crippen molar-refractivity contribution in [2.75, 3.05) is 20.2 Å². The Balaban J connectivity index is 2.68. The summed E-state index contributed by atoms with van der Waals surface area (Å²) in [7, 11) is 1.74. The van der Waals surface area contributed by atoms with Crippen LogP contribution in [0.15, 0.2) is 4.99 Å². The molecule has 1 atom stereocenters. The van der Waals surface area contributed by atoms with Crippen LogP contribution in [-0.2, 0) is 4.74 Å². The Labute approximate surface area is 142 Å². The van der Waals surface area contributed by atoms with Crippen LogP contribution in [0.2, 0.25) is 0 Å². The van der Waals surface area contributed by atoms with E-state index in [1.807, 2.05) is 13.8 Å². The van der Waals surface area contributed by atoms with E-state index in [-0.39, 0.29) is 12.0 Å². The highest BCUT2D eigenvalue weighted by Crippen LogP contribution is 2.24. The molecule has 0 aliphatic rings. The molecule has 1 aromatic rings. The number of esters is 1. The van der Waals surface area contributed by atoms with E-state index in [0.29, 0.717) is 23.1 Å². The first-order chi connectivity index (χ1) is 10.9. The molecular weight excluding hydrogens is 312 g/mol. The van der Waals surface area contributed by atoms with Gasteiger partial charge in [0, 0.05) is 13.6 Å². The Hall–Kier alpha value is -1.63. The van der Waals surface area contributed by atoms with E-state index < -0.39 is 0 Å². The lowest BCUT2D eigenvalue weighted by molar-refractivity contribution is 0.0531. The van der Waals surface area contributed by atoms with Gasteiger partial charge < -0.3 is 15.4 Å². The van der Waals surface area contributed by atoms with Crippen LogP contribution >= 0.6 is 11.3 Å². The summed E-state index contributed by atoms with van der Waals surface area (Å²) in [6.07, 6.45) is 1.08. The summed E-state index contributed by atoms with van der Waals surface area (Å²) < 4.78 is 5.05. The van der Waals surface area contributed by atoms with Crippen molar-refractivity contribution < 1.29 is 9.53 Å². The van der Waals surface area contributed by atoms with Gasteiger partial charge in [0.2, 0.25) is 0 Å². The predicted octanol–water partition coefficient (Wildman–Crippen LogP) is 2.90. The van der Waals surface area contributed by atoms with Crippen molar-refractivity contribution in [3.8, 4) is 0 Å². The highest BCUT2D eigenvalue weighted by molar-refractivity contribution is 7.13. The number of carbonyl (C=O) groups excluding carboxylic acids is 1. The van der Waals surface area contributed by atoms with Crippen LogP contribution in [0.1, 0.15) is 60.5 Å². The molecule has 6 nitrogen and oxygen atoms in total. The first-order valence-electron chi connectivity index (χ1n) is 8.00. The van der Waals surface area contributed by atoms with Crippen molar-refractivity contribution in [2.24, 2.45) is 10.9 Å². The van der Waals surface area contributed by atoms with Crippen molar-refractivity contribution in [2.45, 2.75) is 47.1 Å². The minimum Gasteiger partial charge on any atom is -0.462 e. The van der Waals surface area contributed by atoms with Gasteiger partial charge in [0.15, 0.2) is 5.96 Å². The topological polar surface area (TPSA) is 75.6 Å². The van der Waals surface area contributed by atoms with Gasteiger partial charge in [-0.05, 0) is 33.1 Å². The molecule has 7 heteroatoms. The van der Waals surface area contributed by atoms with Gasteiger partial charge >= 0.3 is 5.97 Å². The summed E-state index contributed by atoms with van der Waals surface area (Å²) in [6.45, 7) is 11.2. The van der Waals surface area contributed by atoms with Crippen LogP contribution in [0.3, 0.4) is 0 Å². The van der Waals surface area contributed by atoms with Gasteiger partial charge in [-0.3, -0.25) is 4.99 Å². The van der Waals surface area contributed by atoms with Crippen LogP contribution in [0.25, 0.3) is 0 Å². The second-order valence-electron chi connectivity index (χ2n) is 5.73. The number of hydrogen-bond donors (Lipinski definition) is 2. The molecule has 0 radical (unpaired) electrons. The van der Waals surface area contributed by atoms with E-state index in [0.717, 1.165) is 23.9 Å². The smallest absolute Gasteiger partial charge is 0.350 e. The van der Waals surface area contributed by atoms with Crippen LogP contribution < -0.4 is 10.6 Å². The van der Waals surface area contributed by atoms with Crippen LogP contribution in [0.5, 0.6) is 0 Å². The maximum atomic E-state index is 11.9. The lowest BCUT2D eigenvalue weighted by Crippen LogP contribution is -2.39. The van der Waals surface area contributed by atoms with E-state index in [9.17, 15) is 4.79 Å². The Kier molecular flexibility index (Phi) is 8.02. The molecule has 1 aromatic heterocycles. The quantitative estimate of drug-likeness (QED) is 0.453. The number of nitrogens with one attached hydrogen (secondary N) is 2. The molecule has 1 rings (SSSR count). The molecule has 0 aliphatic carbocycles. The summed E-state index contributed by atoms with van der Waals surface area (Å²) in [5.74, 6) is 1.08. The molecule has 23 heavy (non-hydrogen) atoms. The maximum absolute atomic E-state index is 11.9. The Bertz CT molecular complexity index is 540. The number of thiazole rings is 1. The van der Waals surface area contributed by atoms with Gasteiger partial charge in [-0.15, -0.1) is 11.3 Å². The Morgan fingerprint density at radius 2 is 2.09 bits per heavy atom. The van der Waals surface area contributed by atoms with E-state index in [4.69, 9.17) is 4.74 Å². The van der Waals surface area contributed by atoms with Gasteiger partial charge in [-0.25, -0.2) is 9.78 Å². The van der Waals surface area contributed by atoms with E-state index in [1.165, 1.54) is 11.3 Å². The molecule has 0 saturated heterocycles. The molecule has 0 fully saturated rings. The highest BCUT2D eigenvalue weighted by Gasteiger charge is 2.20. The number of aryl methyl sites for hydroxylation is 1. The van der Waals surface area contributed by atoms with Gasteiger partial charge in [-0.1, -0.05) is 13.8 Å². The van der Waals surface area contributed by atoms with Gasteiger partial charge in [0.1, 0.15) is 9.88 Å². The normalized spacial score (nSPS) is 13.1. The fraction of sp³-hybridized carbons (Fsp3) is 0.688. The summed E-state index contributed by atoms with van der Waals surface area (Å²) in [4.78, 5) is 21.2. The molecule has 2 N–H and O–H groups in total. The van der Waals surface area contributed by atoms with E-state index in [1.54, 1.807) is 14.0 Å². The SMILES string of the molecule is CCOC(=O)c1sc(C(C)NC(=NC)NCCC(C)C)nc1C. The standard InChI is InChI=1S/C16H28N4O2S/c1-7-22-15(21)13-11(4)19-14(23-13)12(5)20-16(17-6)18-9-8-10(2)3/h10,12H,7-9H2,1-6H3,(H2,17,18,20). The number of hydrogen-bond acceptors (Lipinski definition) is 5. The number of carbonyl (C=O) groups is 1. The lowest BCUT2D eigenvalue weighted by Gasteiger charge is -2.16. The zero-order valence-corrected chi connectivity index (χ0v) is 15.7. The second-order valence-corrected chi connectivity index (χ2v) is 6.77. The van der Waals surface area contributed by atoms with Gasteiger partial charge in [0.25, 0.3) is 0 Å². The zero-order valence-electron chi connectivity index (χ0n) is 14.9. The van der Waals surface area contributed by atoms with Crippen molar-refractivity contribution in [1.82, 2.24) is 15.6 Å². The summed E-state index contributed by atoms with van der Waals surface area (Å²) in [6, 6.07) is -0.0351. The summed E-state index contributed by atoms with van der Waals surface area (Å²) in [5, 5.41) is 7.44. The average molecular weight is 340 g/mol. The number of guanidine groups is 1. The van der Waals surface area contributed by atoms with E-state index in [2.05, 4.69) is 34.5 Å². The summed E-state index contributed by atoms with van der Waals surface area (Å²) in [5.41, 5.74) is 0.708. The molecular formula is C16H28N4O2S.